The van der Waals surface area contributed by atoms with Crippen molar-refractivity contribution in [3.8, 4) is 5.75 Å². The molecule has 0 spiro atoms. The highest BCUT2D eigenvalue weighted by atomic mass is 16.5. The van der Waals surface area contributed by atoms with Crippen LogP contribution in [0, 0.1) is 19.3 Å². The smallest absolute Gasteiger partial charge is 0.291 e. The van der Waals surface area contributed by atoms with Gasteiger partial charge in [-0.2, -0.15) is 0 Å². The van der Waals surface area contributed by atoms with E-state index in [0.717, 1.165) is 36.1 Å². The van der Waals surface area contributed by atoms with E-state index in [4.69, 9.17) is 10.1 Å². The van der Waals surface area contributed by atoms with Crippen molar-refractivity contribution in [2.75, 3.05) is 12.4 Å². The van der Waals surface area contributed by atoms with Crippen LogP contribution in [0.3, 0.4) is 0 Å². The van der Waals surface area contributed by atoms with Crippen LogP contribution in [-0.2, 0) is 6.42 Å². The van der Waals surface area contributed by atoms with Gasteiger partial charge in [-0.15, -0.1) is 0 Å². The van der Waals surface area contributed by atoms with Crippen LogP contribution >= 0.6 is 0 Å². The van der Waals surface area contributed by atoms with Gasteiger partial charge in [-0.05, 0) is 55.5 Å². The molecule has 7 heteroatoms. The van der Waals surface area contributed by atoms with Gasteiger partial charge in [0, 0.05) is 29.9 Å². The van der Waals surface area contributed by atoms with Crippen LogP contribution in [0.1, 0.15) is 69.2 Å². The molecule has 0 fully saturated rings. The van der Waals surface area contributed by atoms with Crippen molar-refractivity contribution in [3.63, 3.8) is 0 Å². The first-order chi connectivity index (χ1) is 16.4. The zero-order valence-corrected chi connectivity index (χ0v) is 21.6. The molecule has 3 aromatic rings. The lowest BCUT2D eigenvalue weighted by atomic mass is 10.0. The molecule has 1 aromatic carbocycles. The number of hydrogen-bond donors (Lipinski definition) is 3. The molecule has 7 nitrogen and oxygen atoms in total. The number of benzene rings is 1. The van der Waals surface area contributed by atoms with E-state index in [1.165, 1.54) is 29.9 Å². The second-order valence-corrected chi connectivity index (χ2v) is 7.57. The van der Waals surface area contributed by atoms with Crippen LogP contribution in [0.4, 0.5) is 11.6 Å². The average molecular weight is 466 g/mol. The number of hydrogen-bond acceptors (Lipinski definition) is 6. The summed E-state index contributed by atoms with van der Waals surface area (Å²) in [6.45, 7) is 12.2. The molecule has 0 saturated heterocycles. The third-order valence-corrected chi connectivity index (χ3v) is 4.85. The molecule has 2 aromatic heterocycles. The molecule has 0 atom stereocenters. The summed E-state index contributed by atoms with van der Waals surface area (Å²) < 4.78 is 5.28. The van der Waals surface area contributed by atoms with Crippen LogP contribution in [0.5, 0.6) is 5.75 Å². The maximum Gasteiger partial charge on any atom is 0.291 e. The fourth-order valence-corrected chi connectivity index (χ4v) is 3.21. The minimum Gasteiger partial charge on any atom is -0.496 e. The predicted octanol–water partition coefficient (Wildman–Crippen LogP) is 6.37. The van der Waals surface area contributed by atoms with Gasteiger partial charge in [0.25, 0.3) is 5.56 Å². The van der Waals surface area contributed by atoms with E-state index in [-0.39, 0.29) is 11.4 Å². The second-order valence-electron chi connectivity index (χ2n) is 7.57. The van der Waals surface area contributed by atoms with Crippen molar-refractivity contribution in [1.29, 1.82) is 5.41 Å². The van der Waals surface area contributed by atoms with Gasteiger partial charge in [0.05, 0.1) is 7.11 Å². The minimum absolute atomic E-state index is 0.204. The number of nitrogens with zero attached hydrogens (tertiary/aromatic N) is 2. The van der Waals surface area contributed by atoms with Gasteiger partial charge >= 0.3 is 0 Å². The normalized spacial score (nSPS) is 9.74. The fraction of sp³-hybridized carbons (Fsp3) is 0.407. The topological polar surface area (TPSA) is 104 Å². The standard InChI is InChI=1S/C14H17N5O.C11H16O.C2H6/c1-3-4-11(15)10-8-18-12(7-9(10)2)19-13-14(20)17-6-5-16-13;1-4-5-10-7-6-9(2)8-11(10)12-3;1-2/h5-8,15H,3-4H2,1-2H3,(H,17,20)(H,16,18,19);6-8H,4-5H2,1-3H3;1-2H3. The van der Waals surface area contributed by atoms with E-state index >= 15 is 0 Å². The predicted molar refractivity (Wildman–Crippen MR) is 142 cm³/mol. The molecule has 0 amide bonds. The Bertz CT molecular complexity index is 1090. The number of anilines is 2. The number of methoxy groups -OCH3 is 1. The minimum atomic E-state index is -0.297. The summed E-state index contributed by atoms with van der Waals surface area (Å²) in [6, 6.07) is 8.18. The Balaban J connectivity index is 0.000000353. The number of H-pyrrole nitrogens is 1. The first-order valence-corrected chi connectivity index (χ1v) is 11.9. The molecule has 0 aliphatic heterocycles. The summed E-state index contributed by atoms with van der Waals surface area (Å²) in [5.74, 6) is 1.77. The van der Waals surface area contributed by atoms with Crippen molar-refractivity contribution < 1.29 is 4.74 Å². The molecule has 0 unspecified atom stereocenters. The number of pyridine rings is 1. The molecule has 0 aliphatic rings. The highest BCUT2D eigenvalue weighted by Crippen LogP contribution is 2.21. The number of rotatable bonds is 8. The SMILES string of the molecule is CC.CCCC(=N)c1cnc(Nc2ncc[nH]c2=O)cc1C.CCCc1ccc(C)cc1OC. The Kier molecular flexibility index (Phi) is 12.9. The first-order valence-electron chi connectivity index (χ1n) is 11.9. The lowest BCUT2D eigenvalue weighted by Crippen LogP contribution is -2.13. The fourth-order valence-electron chi connectivity index (χ4n) is 3.21. The largest absolute Gasteiger partial charge is 0.496 e. The van der Waals surface area contributed by atoms with Gasteiger partial charge in [0.2, 0.25) is 0 Å². The quantitative estimate of drug-likeness (QED) is 0.335. The average Bonchev–Trinajstić information content (AvgIpc) is 2.84. The summed E-state index contributed by atoms with van der Waals surface area (Å²) in [5, 5.41) is 10.8. The van der Waals surface area contributed by atoms with E-state index in [0.29, 0.717) is 11.5 Å². The van der Waals surface area contributed by atoms with Crippen LogP contribution in [-0.4, -0.2) is 27.8 Å². The molecule has 0 aliphatic carbocycles. The third-order valence-electron chi connectivity index (χ3n) is 4.85. The van der Waals surface area contributed by atoms with Crippen molar-refractivity contribution in [3.05, 3.63) is 75.5 Å². The molecule has 0 radical (unpaired) electrons. The maximum absolute atomic E-state index is 11.5. The summed E-state index contributed by atoms with van der Waals surface area (Å²) in [5.41, 5.74) is 4.65. The van der Waals surface area contributed by atoms with Gasteiger partial charge < -0.3 is 20.4 Å². The van der Waals surface area contributed by atoms with Gasteiger partial charge in [0.15, 0.2) is 5.82 Å². The zero-order valence-electron chi connectivity index (χ0n) is 21.6. The maximum atomic E-state index is 11.5. The lowest BCUT2D eigenvalue weighted by molar-refractivity contribution is 0.409. The number of aryl methyl sites for hydroxylation is 3. The Labute approximate surface area is 203 Å². The number of ether oxygens (including phenoxy) is 1. The van der Waals surface area contributed by atoms with Gasteiger partial charge in [-0.25, -0.2) is 9.97 Å². The number of nitrogens with one attached hydrogen (secondary N) is 3. The second kappa shape index (κ2) is 15.4. The molecule has 34 heavy (non-hydrogen) atoms. The molecule has 3 rings (SSSR count). The van der Waals surface area contributed by atoms with Crippen LogP contribution < -0.4 is 15.6 Å². The Hall–Kier alpha value is -3.48. The van der Waals surface area contributed by atoms with Gasteiger partial charge in [-0.1, -0.05) is 52.7 Å². The third kappa shape index (κ3) is 8.81. The zero-order chi connectivity index (χ0) is 25.5. The molecule has 184 valence electrons. The highest BCUT2D eigenvalue weighted by Gasteiger charge is 2.08. The van der Waals surface area contributed by atoms with E-state index in [9.17, 15) is 4.79 Å². The summed E-state index contributed by atoms with van der Waals surface area (Å²) in [4.78, 5) is 22.3. The summed E-state index contributed by atoms with van der Waals surface area (Å²) in [7, 11) is 1.73. The number of aromatic amines is 1. The van der Waals surface area contributed by atoms with Crippen molar-refractivity contribution in [2.45, 2.75) is 67.2 Å². The Morgan fingerprint density at radius 2 is 1.85 bits per heavy atom. The van der Waals surface area contributed by atoms with Crippen molar-refractivity contribution >= 4 is 17.3 Å². The molecular formula is C27H39N5O2. The molecule has 0 saturated carbocycles. The van der Waals surface area contributed by atoms with Gasteiger partial charge in [-0.3, -0.25) is 4.79 Å². The van der Waals surface area contributed by atoms with Crippen LogP contribution in [0.15, 0.2) is 47.7 Å². The number of aromatic nitrogens is 3. The lowest BCUT2D eigenvalue weighted by Gasteiger charge is -2.09. The van der Waals surface area contributed by atoms with E-state index in [1.807, 2.05) is 33.8 Å². The summed E-state index contributed by atoms with van der Waals surface area (Å²) in [6.07, 6.45) is 8.57. The monoisotopic (exact) mass is 465 g/mol. The molecule has 0 bridgehead atoms. The first kappa shape index (κ1) is 28.6. The van der Waals surface area contributed by atoms with Gasteiger partial charge in [0.1, 0.15) is 11.6 Å². The van der Waals surface area contributed by atoms with Crippen LogP contribution in [0.25, 0.3) is 0 Å². The summed E-state index contributed by atoms with van der Waals surface area (Å²) >= 11 is 0. The molecular weight excluding hydrogens is 426 g/mol. The van der Waals surface area contributed by atoms with E-state index in [1.54, 1.807) is 13.3 Å². The van der Waals surface area contributed by atoms with Crippen molar-refractivity contribution in [1.82, 2.24) is 15.0 Å². The Morgan fingerprint density at radius 3 is 2.44 bits per heavy atom. The van der Waals surface area contributed by atoms with Crippen molar-refractivity contribution in [2.24, 2.45) is 0 Å². The molecule has 3 N–H and O–H groups in total. The molecule has 2 heterocycles. The van der Waals surface area contributed by atoms with E-state index < -0.39 is 0 Å². The highest BCUT2D eigenvalue weighted by molar-refractivity contribution is 5.99. The van der Waals surface area contributed by atoms with E-state index in [2.05, 4.69) is 52.3 Å². The Morgan fingerprint density at radius 1 is 1.12 bits per heavy atom. The van der Waals surface area contributed by atoms with Crippen LogP contribution in [0.2, 0.25) is 0 Å².